The second kappa shape index (κ2) is 7.84. The summed E-state index contributed by atoms with van der Waals surface area (Å²) in [4.78, 5) is 10.5. The molecule has 1 aliphatic rings. The Bertz CT molecular complexity index is 285. The molecule has 0 aromatic heterocycles. The van der Waals surface area contributed by atoms with Crippen molar-refractivity contribution in [1.82, 2.24) is 0 Å². The lowest BCUT2D eigenvalue weighted by Gasteiger charge is -2.09. The molecule has 1 fully saturated rings. The van der Waals surface area contributed by atoms with Crippen LogP contribution in [0.15, 0.2) is 30.3 Å². The molecule has 1 N–H and O–H groups in total. The highest BCUT2D eigenvalue weighted by atomic mass is 16.6. The zero-order valence-corrected chi connectivity index (χ0v) is 9.44. The van der Waals surface area contributed by atoms with Gasteiger partial charge < -0.3 is 14.8 Å². The molecule has 1 aromatic carbocycles. The van der Waals surface area contributed by atoms with E-state index in [9.17, 15) is 4.79 Å². The van der Waals surface area contributed by atoms with E-state index in [2.05, 4.69) is 5.32 Å². The van der Waals surface area contributed by atoms with Gasteiger partial charge in [-0.3, -0.25) is 4.79 Å². The van der Waals surface area contributed by atoms with E-state index in [1.54, 1.807) is 0 Å². The van der Waals surface area contributed by atoms with E-state index in [-0.39, 0.29) is 5.91 Å². The lowest BCUT2D eigenvalue weighted by Crippen LogP contribution is -2.16. The third-order valence-corrected chi connectivity index (χ3v) is 1.84. The molecular formula is C12H17NO3. The average molecular weight is 223 g/mol. The number of para-hydroxylation sites is 1. The normalized spacial score (nSPS) is 14.6. The number of carbonyl (C=O) groups excluding carboxylic acids is 1. The number of hydrogen-bond donors (Lipinski definition) is 1. The third kappa shape index (κ3) is 6.16. The van der Waals surface area contributed by atoms with Crippen LogP contribution in [0.25, 0.3) is 0 Å². The van der Waals surface area contributed by atoms with Crippen molar-refractivity contribution >= 4 is 11.6 Å². The van der Waals surface area contributed by atoms with Gasteiger partial charge in [0, 0.05) is 12.6 Å². The molecule has 1 aromatic rings. The van der Waals surface area contributed by atoms with Crippen molar-refractivity contribution in [1.29, 1.82) is 0 Å². The molecule has 1 saturated heterocycles. The van der Waals surface area contributed by atoms with Crippen molar-refractivity contribution in [3.05, 3.63) is 30.3 Å². The van der Waals surface area contributed by atoms with Gasteiger partial charge in [0.2, 0.25) is 5.91 Å². The molecule has 2 rings (SSSR count). The van der Waals surface area contributed by atoms with Gasteiger partial charge in [0.25, 0.3) is 0 Å². The predicted octanol–water partition coefficient (Wildman–Crippen LogP) is 1.68. The zero-order chi connectivity index (χ0) is 11.6. The predicted molar refractivity (Wildman–Crippen MR) is 62.4 cm³/mol. The van der Waals surface area contributed by atoms with E-state index < -0.39 is 0 Å². The third-order valence-electron chi connectivity index (χ3n) is 1.84. The Morgan fingerprint density at radius 2 is 1.56 bits per heavy atom. The van der Waals surface area contributed by atoms with E-state index in [0.29, 0.717) is 0 Å². The van der Waals surface area contributed by atoms with Crippen molar-refractivity contribution < 1.29 is 14.3 Å². The average Bonchev–Trinajstić information content (AvgIpc) is 2.32. The minimum atomic E-state index is -0.0359. The van der Waals surface area contributed by atoms with Crippen molar-refractivity contribution in [3.63, 3.8) is 0 Å². The Hall–Kier alpha value is -1.39. The number of ether oxygens (including phenoxy) is 2. The van der Waals surface area contributed by atoms with Crippen molar-refractivity contribution in [3.8, 4) is 0 Å². The first-order chi connectivity index (χ1) is 7.79. The summed E-state index contributed by atoms with van der Waals surface area (Å²) in [7, 11) is 0. The second-order valence-electron chi connectivity index (χ2n) is 3.27. The first-order valence-corrected chi connectivity index (χ1v) is 5.27. The number of carbonyl (C=O) groups is 1. The molecule has 88 valence electrons. The van der Waals surface area contributed by atoms with E-state index in [1.807, 2.05) is 30.3 Å². The summed E-state index contributed by atoms with van der Waals surface area (Å²) in [6.07, 6.45) is 0. The quantitative estimate of drug-likeness (QED) is 0.788. The summed E-state index contributed by atoms with van der Waals surface area (Å²) in [5, 5.41) is 2.67. The molecule has 0 bridgehead atoms. The molecule has 0 radical (unpaired) electrons. The van der Waals surface area contributed by atoms with Crippen LogP contribution in [0.5, 0.6) is 0 Å². The summed E-state index contributed by atoms with van der Waals surface area (Å²) in [6.45, 7) is 4.60. The summed E-state index contributed by atoms with van der Waals surface area (Å²) in [6, 6.07) is 9.37. The van der Waals surface area contributed by atoms with Crippen LogP contribution in [0.4, 0.5) is 5.69 Å². The van der Waals surface area contributed by atoms with Gasteiger partial charge in [-0.15, -0.1) is 0 Å². The van der Waals surface area contributed by atoms with Crippen LogP contribution in [-0.4, -0.2) is 32.3 Å². The molecule has 0 spiro atoms. The smallest absolute Gasteiger partial charge is 0.221 e. The summed E-state index contributed by atoms with van der Waals surface area (Å²) in [5.41, 5.74) is 0.843. The fourth-order valence-corrected chi connectivity index (χ4v) is 1.16. The maximum Gasteiger partial charge on any atom is 0.221 e. The van der Waals surface area contributed by atoms with Crippen LogP contribution < -0.4 is 5.32 Å². The van der Waals surface area contributed by atoms with Gasteiger partial charge in [-0.25, -0.2) is 0 Å². The molecule has 0 unspecified atom stereocenters. The highest BCUT2D eigenvalue weighted by molar-refractivity contribution is 5.88. The van der Waals surface area contributed by atoms with Crippen LogP contribution in [0.1, 0.15) is 6.92 Å². The maximum atomic E-state index is 10.5. The zero-order valence-electron chi connectivity index (χ0n) is 9.44. The largest absolute Gasteiger partial charge is 0.377 e. The summed E-state index contributed by atoms with van der Waals surface area (Å²) in [5.74, 6) is -0.0359. The Kier molecular flexibility index (Phi) is 6.22. The molecule has 0 aliphatic carbocycles. The Morgan fingerprint density at radius 1 is 1.06 bits per heavy atom. The fourth-order valence-electron chi connectivity index (χ4n) is 1.16. The lowest BCUT2D eigenvalue weighted by atomic mass is 10.3. The van der Waals surface area contributed by atoms with E-state index in [1.165, 1.54) is 6.92 Å². The molecule has 0 atom stereocenters. The Balaban J connectivity index is 0.000000181. The Morgan fingerprint density at radius 3 is 1.94 bits per heavy atom. The number of hydrogen-bond acceptors (Lipinski definition) is 3. The van der Waals surface area contributed by atoms with E-state index >= 15 is 0 Å². The first-order valence-electron chi connectivity index (χ1n) is 5.27. The number of rotatable bonds is 1. The monoisotopic (exact) mass is 223 g/mol. The molecule has 4 heteroatoms. The minimum absolute atomic E-state index is 0.0359. The molecular weight excluding hydrogens is 206 g/mol. The van der Waals surface area contributed by atoms with Gasteiger partial charge >= 0.3 is 0 Å². The SMILES string of the molecule is C1COCCO1.CC(=O)Nc1ccccc1. The second-order valence-corrected chi connectivity index (χ2v) is 3.27. The van der Waals surface area contributed by atoms with Crippen LogP contribution in [0.2, 0.25) is 0 Å². The molecule has 16 heavy (non-hydrogen) atoms. The highest BCUT2D eigenvalue weighted by Crippen LogP contribution is 2.03. The van der Waals surface area contributed by atoms with Gasteiger partial charge in [-0.05, 0) is 12.1 Å². The number of nitrogens with one attached hydrogen (secondary N) is 1. The number of amides is 1. The van der Waals surface area contributed by atoms with Crippen molar-refractivity contribution in [2.45, 2.75) is 6.92 Å². The minimum Gasteiger partial charge on any atom is -0.377 e. The van der Waals surface area contributed by atoms with E-state index in [4.69, 9.17) is 9.47 Å². The van der Waals surface area contributed by atoms with Gasteiger partial charge in [-0.2, -0.15) is 0 Å². The van der Waals surface area contributed by atoms with Gasteiger partial charge in [0.05, 0.1) is 26.4 Å². The van der Waals surface area contributed by atoms with Crippen LogP contribution in [-0.2, 0) is 14.3 Å². The van der Waals surface area contributed by atoms with E-state index in [0.717, 1.165) is 32.1 Å². The molecule has 1 aliphatic heterocycles. The molecule has 4 nitrogen and oxygen atoms in total. The van der Waals surface area contributed by atoms with Gasteiger partial charge in [-0.1, -0.05) is 18.2 Å². The number of benzene rings is 1. The summed E-state index contributed by atoms with van der Waals surface area (Å²) < 4.78 is 9.89. The van der Waals surface area contributed by atoms with Gasteiger partial charge in [0.15, 0.2) is 0 Å². The molecule has 1 heterocycles. The van der Waals surface area contributed by atoms with Crippen LogP contribution >= 0.6 is 0 Å². The van der Waals surface area contributed by atoms with Crippen LogP contribution in [0.3, 0.4) is 0 Å². The first kappa shape index (κ1) is 12.7. The van der Waals surface area contributed by atoms with Gasteiger partial charge in [0.1, 0.15) is 0 Å². The summed E-state index contributed by atoms with van der Waals surface area (Å²) >= 11 is 0. The topological polar surface area (TPSA) is 47.6 Å². The van der Waals surface area contributed by atoms with Crippen molar-refractivity contribution in [2.75, 3.05) is 31.7 Å². The highest BCUT2D eigenvalue weighted by Gasteiger charge is 1.94. The molecule has 1 amide bonds. The Labute approximate surface area is 95.6 Å². The fraction of sp³-hybridized carbons (Fsp3) is 0.417. The maximum absolute atomic E-state index is 10.5. The molecule has 0 saturated carbocycles. The standard InChI is InChI=1S/C8H9NO.C4H8O2/c1-7(10)9-8-5-3-2-4-6-8;1-2-6-4-3-5-1/h2-6H,1H3,(H,9,10);1-4H2. The van der Waals surface area contributed by atoms with Crippen LogP contribution in [0, 0.1) is 0 Å². The lowest BCUT2D eigenvalue weighted by molar-refractivity contribution is -0.114. The van der Waals surface area contributed by atoms with Crippen molar-refractivity contribution in [2.24, 2.45) is 0 Å². The number of anilines is 1.